The van der Waals surface area contributed by atoms with Crippen LogP contribution in [0, 0.1) is 20.2 Å². The molecular formula is C11H9N3O4. The third kappa shape index (κ3) is 2.05. The first kappa shape index (κ1) is 11.8. The van der Waals surface area contributed by atoms with Gasteiger partial charge in [0.2, 0.25) is 0 Å². The van der Waals surface area contributed by atoms with Gasteiger partial charge in [0.1, 0.15) is 0 Å². The number of nitro groups is 2. The standard InChI is InChI=1S/C11H9N3O4/c15-13(16)9-6-12-7-10(14(17)18)11(9)8-4-2-1-3-5-8/h1-7,11-12H. The van der Waals surface area contributed by atoms with Gasteiger partial charge in [-0.15, -0.1) is 0 Å². The predicted molar refractivity (Wildman–Crippen MR) is 62.5 cm³/mol. The van der Waals surface area contributed by atoms with Gasteiger partial charge in [-0.05, 0) is 5.56 Å². The Hall–Kier alpha value is -2.70. The normalized spacial score (nSPS) is 15.3. The van der Waals surface area contributed by atoms with Crippen molar-refractivity contribution in [2.24, 2.45) is 0 Å². The molecule has 1 N–H and O–H groups in total. The second-order valence-corrected chi connectivity index (χ2v) is 3.66. The molecule has 0 radical (unpaired) electrons. The molecule has 1 aromatic rings. The van der Waals surface area contributed by atoms with Crippen molar-refractivity contribution >= 4 is 0 Å². The number of dihydropyridines is 1. The lowest BCUT2D eigenvalue weighted by Gasteiger charge is -2.15. The maximum absolute atomic E-state index is 11.0. The molecule has 0 aliphatic carbocycles. The van der Waals surface area contributed by atoms with Gasteiger partial charge in [0, 0.05) is 0 Å². The van der Waals surface area contributed by atoms with Crippen LogP contribution in [0.25, 0.3) is 0 Å². The first-order valence-electron chi connectivity index (χ1n) is 5.11. The zero-order chi connectivity index (χ0) is 13.1. The summed E-state index contributed by atoms with van der Waals surface area (Å²) in [7, 11) is 0. The van der Waals surface area contributed by atoms with Gasteiger partial charge in [-0.2, -0.15) is 0 Å². The summed E-state index contributed by atoms with van der Waals surface area (Å²) in [6, 6.07) is 8.38. The van der Waals surface area contributed by atoms with E-state index >= 15 is 0 Å². The molecule has 2 rings (SSSR count). The molecule has 0 unspecified atom stereocenters. The second kappa shape index (κ2) is 4.66. The molecule has 92 valence electrons. The molecule has 0 amide bonds. The minimum absolute atomic E-state index is 0.240. The average Bonchev–Trinajstić information content (AvgIpc) is 2.38. The van der Waals surface area contributed by atoms with Gasteiger partial charge < -0.3 is 5.32 Å². The monoisotopic (exact) mass is 247 g/mol. The molecule has 1 aliphatic rings. The molecule has 0 spiro atoms. The molecule has 0 atom stereocenters. The lowest BCUT2D eigenvalue weighted by Crippen LogP contribution is -2.24. The number of hydrogen-bond acceptors (Lipinski definition) is 5. The summed E-state index contributed by atoms with van der Waals surface area (Å²) in [6.07, 6.45) is 2.34. The van der Waals surface area contributed by atoms with Gasteiger partial charge in [0.15, 0.2) is 5.92 Å². The van der Waals surface area contributed by atoms with E-state index in [2.05, 4.69) is 5.32 Å². The van der Waals surface area contributed by atoms with Gasteiger partial charge in [0.05, 0.1) is 22.2 Å². The quantitative estimate of drug-likeness (QED) is 0.646. The molecule has 7 heteroatoms. The SMILES string of the molecule is O=[N+]([O-])C1=CNC=C([N+](=O)[O-])C1c1ccccc1. The highest BCUT2D eigenvalue weighted by molar-refractivity contribution is 5.35. The van der Waals surface area contributed by atoms with Crippen LogP contribution in [0.2, 0.25) is 0 Å². The Morgan fingerprint density at radius 1 is 0.944 bits per heavy atom. The fourth-order valence-electron chi connectivity index (χ4n) is 1.83. The molecule has 0 saturated carbocycles. The Morgan fingerprint density at radius 2 is 1.44 bits per heavy atom. The van der Waals surface area contributed by atoms with E-state index < -0.39 is 15.8 Å². The van der Waals surface area contributed by atoms with E-state index in [0.29, 0.717) is 5.56 Å². The lowest BCUT2D eigenvalue weighted by atomic mass is 9.92. The minimum Gasteiger partial charge on any atom is -0.357 e. The van der Waals surface area contributed by atoms with Crippen molar-refractivity contribution in [2.75, 3.05) is 0 Å². The number of nitrogens with one attached hydrogen (secondary N) is 1. The van der Waals surface area contributed by atoms with Crippen molar-refractivity contribution in [3.05, 3.63) is 79.9 Å². The topological polar surface area (TPSA) is 98.3 Å². The van der Waals surface area contributed by atoms with Gasteiger partial charge in [0.25, 0.3) is 11.4 Å². The number of hydrogen-bond donors (Lipinski definition) is 1. The molecule has 1 aromatic carbocycles. The summed E-state index contributed by atoms with van der Waals surface area (Å²) in [4.78, 5) is 20.7. The highest BCUT2D eigenvalue weighted by atomic mass is 16.6. The van der Waals surface area contributed by atoms with Crippen LogP contribution in [0.1, 0.15) is 11.5 Å². The smallest absolute Gasteiger partial charge is 0.280 e. The molecule has 1 heterocycles. The number of rotatable bonds is 3. The zero-order valence-corrected chi connectivity index (χ0v) is 9.15. The van der Waals surface area contributed by atoms with Crippen LogP contribution < -0.4 is 5.32 Å². The van der Waals surface area contributed by atoms with Gasteiger partial charge in [-0.3, -0.25) is 20.2 Å². The minimum atomic E-state index is -0.961. The molecule has 0 saturated heterocycles. The van der Waals surface area contributed by atoms with Crippen LogP contribution in [0.15, 0.2) is 54.1 Å². The van der Waals surface area contributed by atoms with Gasteiger partial charge >= 0.3 is 0 Å². The Morgan fingerprint density at radius 3 is 1.89 bits per heavy atom. The van der Waals surface area contributed by atoms with Gasteiger partial charge in [-0.25, -0.2) is 0 Å². The van der Waals surface area contributed by atoms with Gasteiger partial charge in [-0.1, -0.05) is 30.3 Å². The average molecular weight is 247 g/mol. The second-order valence-electron chi connectivity index (χ2n) is 3.66. The van der Waals surface area contributed by atoms with Crippen LogP contribution in [0.3, 0.4) is 0 Å². The first-order chi connectivity index (χ1) is 8.61. The highest BCUT2D eigenvalue weighted by Gasteiger charge is 2.39. The molecule has 18 heavy (non-hydrogen) atoms. The maximum Gasteiger partial charge on any atom is 0.280 e. The Bertz CT molecular complexity index is 521. The van der Waals surface area contributed by atoms with Crippen LogP contribution in [-0.4, -0.2) is 9.85 Å². The lowest BCUT2D eigenvalue weighted by molar-refractivity contribution is -0.455. The van der Waals surface area contributed by atoms with Crippen molar-refractivity contribution in [3.63, 3.8) is 0 Å². The van der Waals surface area contributed by atoms with E-state index in [-0.39, 0.29) is 11.4 Å². The van der Waals surface area contributed by atoms with Crippen molar-refractivity contribution < 1.29 is 9.85 Å². The van der Waals surface area contributed by atoms with E-state index in [1.165, 1.54) is 12.4 Å². The maximum atomic E-state index is 11.0. The van der Waals surface area contributed by atoms with Crippen molar-refractivity contribution in [1.29, 1.82) is 0 Å². The third-order valence-electron chi connectivity index (χ3n) is 2.61. The largest absolute Gasteiger partial charge is 0.357 e. The summed E-state index contributed by atoms with van der Waals surface area (Å²) in [5.74, 6) is -0.961. The Kier molecular flexibility index (Phi) is 3.05. The molecule has 1 aliphatic heterocycles. The van der Waals surface area contributed by atoms with Crippen molar-refractivity contribution in [1.82, 2.24) is 5.32 Å². The number of nitrogens with zero attached hydrogens (tertiary/aromatic N) is 2. The number of benzene rings is 1. The van der Waals surface area contributed by atoms with E-state index in [4.69, 9.17) is 0 Å². The van der Waals surface area contributed by atoms with E-state index in [1.54, 1.807) is 30.3 Å². The highest BCUT2D eigenvalue weighted by Crippen LogP contribution is 2.33. The Labute approximate surface area is 102 Å². The van der Waals surface area contributed by atoms with Crippen molar-refractivity contribution in [3.8, 4) is 0 Å². The third-order valence-corrected chi connectivity index (χ3v) is 2.61. The van der Waals surface area contributed by atoms with Crippen LogP contribution >= 0.6 is 0 Å². The zero-order valence-electron chi connectivity index (χ0n) is 9.15. The summed E-state index contributed by atoms with van der Waals surface area (Å²) in [5, 5.41) is 24.3. The fraction of sp³-hybridized carbons (Fsp3) is 0.0909. The molecule has 0 aromatic heterocycles. The summed E-state index contributed by atoms with van der Waals surface area (Å²) >= 11 is 0. The first-order valence-corrected chi connectivity index (χ1v) is 5.11. The van der Waals surface area contributed by atoms with E-state index in [1.807, 2.05) is 0 Å². The summed E-state index contributed by atoms with van der Waals surface area (Å²) < 4.78 is 0. The van der Waals surface area contributed by atoms with Crippen LogP contribution in [0.4, 0.5) is 0 Å². The summed E-state index contributed by atoms with van der Waals surface area (Å²) in [5.41, 5.74) is 0.0377. The van der Waals surface area contributed by atoms with Crippen molar-refractivity contribution in [2.45, 2.75) is 5.92 Å². The molecule has 7 nitrogen and oxygen atoms in total. The molecular weight excluding hydrogens is 238 g/mol. The predicted octanol–water partition coefficient (Wildman–Crippen LogP) is 1.61. The van der Waals surface area contributed by atoms with Crippen LogP contribution in [-0.2, 0) is 0 Å². The van der Waals surface area contributed by atoms with E-state index in [9.17, 15) is 20.2 Å². The van der Waals surface area contributed by atoms with Crippen LogP contribution in [0.5, 0.6) is 0 Å². The fourth-order valence-corrected chi connectivity index (χ4v) is 1.83. The molecule has 0 fully saturated rings. The summed E-state index contributed by atoms with van der Waals surface area (Å²) in [6.45, 7) is 0. The van der Waals surface area contributed by atoms with E-state index in [0.717, 1.165) is 0 Å². The Balaban J connectivity index is 2.50. The molecule has 0 bridgehead atoms.